The molecule has 0 spiro atoms. The summed E-state index contributed by atoms with van der Waals surface area (Å²) in [6, 6.07) is 3.12. The van der Waals surface area contributed by atoms with E-state index in [1.807, 2.05) is 11.4 Å². The normalized spacial score (nSPS) is 11.3. The van der Waals surface area contributed by atoms with Gasteiger partial charge in [0.25, 0.3) is 6.43 Å². The fraction of sp³-hybridized carbons (Fsp3) is 0.182. The van der Waals surface area contributed by atoms with Crippen LogP contribution in [0.25, 0.3) is 10.2 Å². The average Bonchev–Trinajstić information content (AvgIpc) is 3.05. The van der Waals surface area contributed by atoms with E-state index in [1.165, 1.54) is 23.7 Å². The van der Waals surface area contributed by atoms with Crippen molar-refractivity contribution in [2.24, 2.45) is 0 Å². The zero-order valence-electron chi connectivity index (χ0n) is 9.51. The minimum Gasteiger partial charge on any atom is -0.362 e. The molecule has 0 aliphatic carbocycles. The molecule has 3 heterocycles. The van der Waals surface area contributed by atoms with E-state index in [0.717, 1.165) is 10.2 Å². The Hall–Kier alpha value is -2.09. The summed E-state index contributed by atoms with van der Waals surface area (Å²) in [6.07, 6.45) is -1.17. The van der Waals surface area contributed by atoms with Gasteiger partial charge in [-0.05, 0) is 11.4 Å². The largest absolute Gasteiger partial charge is 0.362 e. The number of rotatable bonds is 4. The number of hydrogen-bond acceptors (Lipinski definition) is 6. The van der Waals surface area contributed by atoms with Crippen molar-refractivity contribution in [1.82, 2.24) is 15.1 Å². The van der Waals surface area contributed by atoms with Crippen LogP contribution in [-0.2, 0) is 6.54 Å². The maximum atomic E-state index is 12.3. The second kappa shape index (κ2) is 4.88. The van der Waals surface area contributed by atoms with E-state index < -0.39 is 6.43 Å². The Labute approximate surface area is 110 Å². The van der Waals surface area contributed by atoms with Gasteiger partial charge in [0.2, 0.25) is 0 Å². The van der Waals surface area contributed by atoms with Crippen molar-refractivity contribution in [3.05, 3.63) is 35.3 Å². The first-order chi connectivity index (χ1) is 9.24. The Balaban J connectivity index is 1.76. The van der Waals surface area contributed by atoms with Crippen molar-refractivity contribution in [2.45, 2.75) is 13.0 Å². The van der Waals surface area contributed by atoms with Crippen molar-refractivity contribution in [1.29, 1.82) is 0 Å². The molecule has 0 atom stereocenters. The van der Waals surface area contributed by atoms with Crippen LogP contribution in [0.4, 0.5) is 14.6 Å². The van der Waals surface area contributed by atoms with Crippen LogP contribution in [0, 0.1) is 0 Å². The summed E-state index contributed by atoms with van der Waals surface area (Å²) < 4.78 is 29.5. The van der Waals surface area contributed by atoms with Gasteiger partial charge in [-0.1, -0.05) is 5.16 Å². The van der Waals surface area contributed by atoms with Crippen molar-refractivity contribution in [2.75, 3.05) is 5.32 Å². The molecule has 0 aliphatic heterocycles. The molecule has 98 valence electrons. The summed E-state index contributed by atoms with van der Waals surface area (Å²) in [5.41, 5.74) is -0.361. The van der Waals surface area contributed by atoms with Crippen molar-refractivity contribution < 1.29 is 13.3 Å². The molecule has 0 aliphatic rings. The monoisotopic (exact) mass is 282 g/mol. The van der Waals surface area contributed by atoms with Gasteiger partial charge >= 0.3 is 0 Å². The number of anilines is 1. The number of thiophene rings is 1. The van der Waals surface area contributed by atoms with Gasteiger partial charge < -0.3 is 9.84 Å². The lowest BCUT2D eigenvalue weighted by molar-refractivity contribution is 0.140. The molecule has 3 rings (SSSR count). The molecule has 0 unspecified atom stereocenters. The van der Waals surface area contributed by atoms with E-state index in [2.05, 4.69) is 20.4 Å². The number of fused-ring (bicyclic) bond motifs is 1. The Kier molecular flexibility index (Phi) is 3.08. The molecule has 0 radical (unpaired) electrons. The summed E-state index contributed by atoms with van der Waals surface area (Å²) in [7, 11) is 0. The molecule has 1 N–H and O–H groups in total. The van der Waals surface area contributed by atoms with E-state index in [4.69, 9.17) is 4.52 Å². The molecule has 0 bridgehead atoms. The Morgan fingerprint density at radius 3 is 3.05 bits per heavy atom. The van der Waals surface area contributed by atoms with Crippen LogP contribution in [-0.4, -0.2) is 15.1 Å². The first-order valence-electron chi connectivity index (χ1n) is 5.40. The average molecular weight is 282 g/mol. The quantitative estimate of drug-likeness (QED) is 0.796. The highest BCUT2D eigenvalue weighted by Crippen LogP contribution is 2.24. The van der Waals surface area contributed by atoms with Gasteiger partial charge in [0.15, 0.2) is 5.76 Å². The van der Waals surface area contributed by atoms with Crippen LogP contribution in [0.3, 0.4) is 0 Å². The zero-order valence-corrected chi connectivity index (χ0v) is 10.3. The third kappa shape index (κ3) is 2.39. The van der Waals surface area contributed by atoms with Crippen molar-refractivity contribution >= 4 is 27.4 Å². The second-order valence-electron chi connectivity index (χ2n) is 3.73. The minimum atomic E-state index is -2.62. The first kappa shape index (κ1) is 12.0. The molecule has 0 saturated carbocycles. The third-order valence-corrected chi connectivity index (χ3v) is 3.31. The molecule has 19 heavy (non-hydrogen) atoms. The van der Waals surface area contributed by atoms with E-state index in [1.54, 1.807) is 0 Å². The van der Waals surface area contributed by atoms with Crippen LogP contribution >= 0.6 is 11.3 Å². The SMILES string of the molecule is FC(F)c1cc(CNc2ncnc3sccc23)on1. The lowest BCUT2D eigenvalue weighted by Crippen LogP contribution is -2.00. The Morgan fingerprint density at radius 1 is 1.37 bits per heavy atom. The highest BCUT2D eigenvalue weighted by molar-refractivity contribution is 7.16. The molecule has 0 fully saturated rings. The van der Waals surface area contributed by atoms with E-state index >= 15 is 0 Å². The highest BCUT2D eigenvalue weighted by Gasteiger charge is 2.13. The minimum absolute atomic E-state index is 0.238. The molecule has 3 aromatic rings. The number of alkyl halides is 2. The van der Waals surface area contributed by atoms with Gasteiger partial charge in [-0.15, -0.1) is 11.3 Å². The summed E-state index contributed by atoms with van der Waals surface area (Å²) >= 11 is 1.51. The highest BCUT2D eigenvalue weighted by atomic mass is 32.1. The lowest BCUT2D eigenvalue weighted by Gasteiger charge is -2.03. The number of nitrogens with one attached hydrogen (secondary N) is 1. The van der Waals surface area contributed by atoms with Gasteiger partial charge in [-0.2, -0.15) is 0 Å². The molecule has 0 saturated heterocycles. The van der Waals surface area contributed by atoms with Crippen LogP contribution in [0.5, 0.6) is 0 Å². The van der Waals surface area contributed by atoms with Gasteiger partial charge in [0, 0.05) is 6.07 Å². The predicted molar refractivity (Wildman–Crippen MR) is 66.2 cm³/mol. The first-order valence-corrected chi connectivity index (χ1v) is 6.27. The van der Waals surface area contributed by atoms with E-state index in [9.17, 15) is 8.78 Å². The van der Waals surface area contributed by atoms with Gasteiger partial charge in [0.05, 0.1) is 11.9 Å². The molecule has 0 amide bonds. The molecule has 3 aromatic heterocycles. The Morgan fingerprint density at radius 2 is 2.26 bits per heavy atom. The fourth-order valence-electron chi connectivity index (χ4n) is 1.62. The molecular formula is C11H8F2N4OS. The maximum absolute atomic E-state index is 12.3. The van der Waals surface area contributed by atoms with Crippen LogP contribution in [0.15, 0.2) is 28.4 Å². The van der Waals surface area contributed by atoms with Gasteiger partial charge in [-0.25, -0.2) is 18.7 Å². The predicted octanol–water partition coefficient (Wildman–Crippen LogP) is 3.23. The number of nitrogens with zero attached hydrogens (tertiary/aromatic N) is 3. The summed E-state index contributed by atoms with van der Waals surface area (Å²) in [4.78, 5) is 9.09. The molecule has 5 nitrogen and oxygen atoms in total. The smallest absolute Gasteiger partial charge is 0.283 e. The Bertz CT molecular complexity index is 697. The van der Waals surface area contributed by atoms with Crippen LogP contribution in [0.1, 0.15) is 17.9 Å². The molecule has 8 heteroatoms. The number of aromatic nitrogens is 3. The van der Waals surface area contributed by atoms with Crippen molar-refractivity contribution in [3.8, 4) is 0 Å². The van der Waals surface area contributed by atoms with E-state index in [-0.39, 0.29) is 12.2 Å². The van der Waals surface area contributed by atoms with Crippen LogP contribution < -0.4 is 5.32 Å². The lowest BCUT2D eigenvalue weighted by atomic mass is 10.3. The topological polar surface area (TPSA) is 63.8 Å². The molecule has 0 aromatic carbocycles. The standard InChI is InChI=1S/C11H8F2N4OS/c12-9(13)8-3-6(18-17-8)4-14-10-7-1-2-19-11(7)16-5-15-10/h1-3,5,9H,4H2,(H,14,15,16). The molecular weight excluding hydrogens is 274 g/mol. The summed E-state index contributed by atoms with van der Waals surface area (Å²) in [6.45, 7) is 0.238. The maximum Gasteiger partial charge on any atom is 0.283 e. The van der Waals surface area contributed by atoms with E-state index in [0.29, 0.717) is 11.6 Å². The van der Waals surface area contributed by atoms with Gasteiger partial charge in [0.1, 0.15) is 22.7 Å². The van der Waals surface area contributed by atoms with Gasteiger partial charge in [-0.3, -0.25) is 0 Å². The third-order valence-electron chi connectivity index (χ3n) is 2.49. The summed E-state index contributed by atoms with van der Waals surface area (Å²) in [5.74, 6) is 0.971. The van der Waals surface area contributed by atoms with Crippen molar-refractivity contribution in [3.63, 3.8) is 0 Å². The number of hydrogen-bond donors (Lipinski definition) is 1. The zero-order chi connectivity index (χ0) is 13.2. The fourth-order valence-corrected chi connectivity index (χ4v) is 2.35. The summed E-state index contributed by atoms with van der Waals surface area (Å²) in [5, 5.41) is 9.10. The second-order valence-corrected chi connectivity index (χ2v) is 4.63. The number of halogens is 2. The van der Waals surface area contributed by atoms with Crippen LogP contribution in [0.2, 0.25) is 0 Å².